The summed E-state index contributed by atoms with van der Waals surface area (Å²) in [6.45, 7) is 6.63. The first-order valence-corrected chi connectivity index (χ1v) is 11.8. The Morgan fingerprint density at radius 3 is 2.53 bits per heavy atom. The van der Waals surface area contributed by atoms with Gasteiger partial charge in [0.2, 0.25) is 5.91 Å². The largest absolute Gasteiger partial charge is 0.379 e. The van der Waals surface area contributed by atoms with Crippen molar-refractivity contribution in [2.24, 2.45) is 0 Å². The summed E-state index contributed by atoms with van der Waals surface area (Å²) >= 11 is 0. The van der Waals surface area contributed by atoms with E-state index in [0.29, 0.717) is 32.6 Å². The Balaban J connectivity index is 1.41. The van der Waals surface area contributed by atoms with Crippen molar-refractivity contribution in [2.75, 3.05) is 39.4 Å². The standard InChI is InChI=1S/C24H34N4O4/c1-19(17-26-13-15-32-16-14-26)28(18-20-7-3-2-4-8-20)21(29)9-12-27-22(30)24(25-23(27)31)10-5-6-11-24/h2-4,7-8,19H,5-6,9-18H2,1H3,(H,25,31). The molecule has 8 nitrogen and oxygen atoms in total. The molecule has 1 saturated carbocycles. The molecule has 1 spiro atoms. The van der Waals surface area contributed by atoms with Crippen LogP contribution in [0.5, 0.6) is 0 Å². The summed E-state index contributed by atoms with van der Waals surface area (Å²) in [7, 11) is 0. The number of carbonyl (C=O) groups is 3. The predicted molar refractivity (Wildman–Crippen MR) is 120 cm³/mol. The summed E-state index contributed by atoms with van der Waals surface area (Å²) in [6, 6.07) is 9.58. The molecule has 4 amide bonds. The minimum Gasteiger partial charge on any atom is -0.379 e. The Labute approximate surface area is 189 Å². The van der Waals surface area contributed by atoms with E-state index >= 15 is 0 Å². The molecule has 1 aromatic carbocycles. The van der Waals surface area contributed by atoms with E-state index in [1.165, 1.54) is 4.90 Å². The van der Waals surface area contributed by atoms with E-state index in [1.807, 2.05) is 35.2 Å². The van der Waals surface area contributed by atoms with Crippen molar-refractivity contribution >= 4 is 17.8 Å². The molecule has 1 N–H and O–H groups in total. The topological polar surface area (TPSA) is 82.2 Å². The van der Waals surface area contributed by atoms with Gasteiger partial charge in [-0.15, -0.1) is 0 Å². The van der Waals surface area contributed by atoms with Gasteiger partial charge < -0.3 is 15.0 Å². The highest BCUT2D eigenvalue weighted by Crippen LogP contribution is 2.35. The lowest BCUT2D eigenvalue weighted by molar-refractivity contribution is -0.136. The number of amides is 4. The molecule has 3 fully saturated rings. The average molecular weight is 443 g/mol. The van der Waals surface area contributed by atoms with E-state index < -0.39 is 5.54 Å². The second kappa shape index (κ2) is 10.0. The number of morpholine rings is 1. The number of urea groups is 1. The normalized spacial score (nSPS) is 21.7. The Morgan fingerprint density at radius 1 is 1.16 bits per heavy atom. The number of ether oxygens (including phenoxy) is 1. The second-order valence-corrected chi connectivity index (χ2v) is 9.20. The van der Waals surface area contributed by atoms with E-state index in [1.54, 1.807) is 0 Å². The lowest BCUT2D eigenvalue weighted by atomic mass is 9.98. The summed E-state index contributed by atoms with van der Waals surface area (Å²) in [5.41, 5.74) is 0.336. The molecule has 32 heavy (non-hydrogen) atoms. The van der Waals surface area contributed by atoms with Crippen molar-refractivity contribution < 1.29 is 19.1 Å². The molecule has 2 heterocycles. The van der Waals surface area contributed by atoms with Gasteiger partial charge in [0.25, 0.3) is 5.91 Å². The molecule has 1 unspecified atom stereocenters. The van der Waals surface area contributed by atoms with Gasteiger partial charge in [0.15, 0.2) is 0 Å². The number of rotatable bonds is 8. The number of hydrogen-bond acceptors (Lipinski definition) is 5. The highest BCUT2D eigenvalue weighted by Gasteiger charge is 2.52. The van der Waals surface area contributed by atoms with E-state index in [9.17, 15) is 14.4 Å². The molecule has 3 aliphatic rings. The summed E-state index contributed by atoms with van der Waals surface area (Å²) in [5, 5.41) is 2.89. The summed E-state index contributed by atoms with van der Waals surface area (Å²) < 4.78 is 5.44. The fourth-order valence-corrected chi connectivity index (χ4v) is 5.07. The van der Waals surface area contributed by atoms with Gasteiger partial charge in [-0.1, -0.05) is 43.2 Å². The van der Waals surface area contributed by atoms with Gasteiger partial charge in [-0.3, -0.25) is 19.4 Å². The summed E-state index contributed by atoms with van der Waals surface area (Å²) in [5.74, 6) is -0.202. The quantitative estimate of drug-likeness (QED) is 0.623. The minimum absolute atomic E-state index is 0.00471. The fraction of sp³-hybridized carbons (Fsp3) is 0.625. The van der Waals surface area contributed by atoms with Crippen LogP contribution in [-0.2, 0) is 20.9 Å². The first-order valence-electron chi connectivity index (χ1n) is 11.8. The Morgan fingerprint density at radius 2 is 1.84 bits per heavy atom. The minimum atomic E-state index is -0.729. The zero-order valence-corrected chi connectivity index (χ0v) is 18.9. The van der Waals surface area contributed by atoms with Crippen molar-refractivity contribution in [1.29, 1.82) is 0 Å². The van der Waals surface area contributed by atoms with Crippen LogP contribution in [0.2, 0.25) is 0 Å². The number of carbonyl (C=O) groups excluding carboxylic acids is 3. The van der Waals surface area contributed by atoms with Crippen LogP contribution in [0.4, 0.5) is 4.79 Å². The SMILES string of the molecule is CC(CN1CCOCC1)N(Cc1ccccc1)C(=O)CCN1C(=O)NC2(CCCC2)C1=O. The maximum absolute atomic E-state index is 13.3. The smallest absolute Gasteiger partial charge is 0.325 e. The van der Waals surface area contributed by atoms with Crippen molar-refractivity contribution in [3.05, 3.63) is 35.9 Å². The number of benzene rings is 1. The monoisotopic (exact) mass is 442 g/mol. The van der Waals surface area contributed by atoms with E-state index in [0.717, 1.165) is 38.0 Å². The van der Waals surface area contributed by atoms with Gasteiger partial charge in [0, 0.05) is 45.2 Å². The van der Waals surface area contributed by atoms with Crippen molar-refractivity contribution in [3.8, 4) is 0 Å². The van der Waals surface area contributed by atoms with E-state index in [-0.39, 0.29) is 36.9 Å². The molecule has 2 saturated heterocycles. The third kappa shape index (κ3) is 4.96. The molecule has 0 aromatic heterocycles. The zero-order valence-electron chi connectivity index (χ0n) is 18.9. The van der Waals surface area contributed by atoms with Crippen LogP contribution < -0.4 is 5.32 Å². The van der Waals surface area contributed by atoms with E-state index in [2.05, 4.69) is 17.1 Å². The lowest BCUT2D eigenvalue weighted by Gasteiger charge is -2.35. The van der Waals surface area contributed by atoms with Gasteiger partial charge >= 0.3 is 6.03 Å². The van der Waals surface area contributed by atoms with E-state index in [4.69, 9.17) is 4.74 Å². The highest BCUT2D eigenvalue weighted by atomic mass is 16.5. The third-order valence-corrected chi connectivity index (χ3v) is 6.93. The number of nitrogens with zero attached hydrogens (tertiary/aromatic N) is 3. The van der Waals surface area contributed by atoms with Crippen LogP contribution in [0.15, 0.2) is 30.3 Å². The molecule has 1 aliphatic carbocycles. The summed E-state index contributed by atoms with van der Waals surface area (Å²) in [4.78, 5) is 44.2. The molecule has 174 valence electrons. The Bertz CT molecular complexity index is 819. The van der Waals surface area contributed by atoms with Gasteiger partial charge in [0.05, 0.1) is 13.2 Å². The van der Waals surface area contributed by atoms with Gasteiger partial charge in [-0.05, 0) is 25.3 Å². The van der Waals surface area contributed by atoms with Gasteiger partial charge in [-0.25, -0.2) is 4.79 Å². The van der Waals surface area contributed by atoms with Crippen molar-refractivity contribution in [1.82, 2.24) is 20.0 Å². The first kappa shape index (κ1) is 22.7. The molecule has 0 bridgehead atoms. The molecular weight excluding hydrogens is 408 g/mol. The predicted octanol–water partition coefficient (Wildman–Crippen LogP) is 1.99. The maximum atomic E-state index is 13.3. The average Bonchev–Trinajstić information content (AvgIpc) is 3.36. The molecule has 4 rings (SSSR count). The third-order valence-electron chi connectivity index (χ3n) is 6.93. The van der Waals surface area contributed by atoms with Crippen LogP contribution in [0.25, 0.3) is 0 Å². The van der Waals surface area contributed by atoms with Crippen molar-refractivity contribution in [2.45, 2.75) is 57.2 Å². The van der Waals surface area contributed by atoms with Gasteiger partial charge in [-0.2, -0.15) is 0 Å². The second-order valence-electron chi connectivity index (χ2n) is 9.20. The highest BCUT2D eigenvalue weighted by molar-refractivity contribution is 6.07. The number of nitrogens with one attached hydrogen (secondary N) is 1. The van der Waals surface area contributed by atoms with Crippen LogP contribution in [0, 0.1) is 0 Å². The first-order chi connectivity index (χ1) is 15.5. The zero-order chi connectivity index (χ0) is 22.6. The van der Waals surface area contributed by atoms with Crippen LogP contribution in [0.3, 0.4) is 0 Å². The Kier molecular flexibility index (Phi) is 7.10. The van der Waals surface area contributed by atoms with Crippen molar-refractivity contribution in [3.63, 3.8) is 0 Å². The molecule has 1 aromatic rings. The Hall–Kier alpha value is -2.45. The number of imide groups is 1. The molecule has 1 atom stereocenters. The molecule has 2 aliphatic heterocycles. The molecular formula is C24H34N4O4. The van der Waals surface area contributed by atoms with Crippen LogP contribution >= 0.6 is 0 Å². The van der Waals surface area contributed by atoms with Gasteiger partial charge in [0.1, 0.15) is 5.54 Å². The van der Waals surface area contributed by atoms with Crippen LogP contribution in [0.1, 0.15) is 44.6 Å². The number of hydrogen-bond donors (Lipinski definition) is 1. The summed E-state index contributed by atoms with van der Waals surface area (Å²) in [6.07, 6.45) is 3.42. The lowest BCUT2D eigenvalue weighted by Crippen LogP contribution is -2.48. The fourth-order valence-electron chi connectivity index (χ4n) is 5.07. The molecule has 8 heteroatoms. The van der Waals surface area contributed by atoms with Crippen LogP contribution in [-0.4, -0.2) is 83.5 Å². The molecule has 0 radical (unpaired) electrons. The maximum Gasteiger partial charge on any atom is 0.325 e.